The van der Waals surface area contributed by atoms with Gasteiger partial charge in [-0.2, -0.15) is 0 Å². The first-order valence-corrected chi connectivity index (χ1v) is 18.0. The Kier molecular flexibility index (Phi) is 22.3. The van der Waals surface area contributed by atoms with Crippen LogP contribution in [0, 0.1) is 27.1 Å². The number of ether oxygens (including phenoxy) is 16. The van der Waals surface area contributed by atoms with E-state index in [1.807, 2.05) is 0 Å². The summed E-state index contributed by atoms with van der Waals surface area (Å²) in [6.45, 7) is -7.73. The Morgan fingerprint density at radius 3 is 0.391 bits per heavy atom. The van der Waals surface area contributed by atoms with Gasteiger partial charge in [-0.25, -0.2) is 76.7 Å². The van der Waals surface area contributed by atoms with Crippen molar-refractivity contribution in [3.05, 3.63) is 0 Å². The molecule has 0 atom stereocenters. The van der Waals surface area contributed by atoms with Crippen LogP contribution in [-0.2, 0) is 153 Å². The smallest absolute Gasteiger partial charge is 0.355 e. The molecule has 384 valence electrons. The van der Waals surface area contributed by atoms with Gasteiger partial charge in [0.2, 0.25) is 0 Å². The molecular formula is C37H44O32. The molecule has 32 nitrogen and oxygen atoms in total. The SMILES string of the molecule is COC(=O)C(C(=O)OC)(C(=O)OC)C(=O)OCC(COC(=O)C(C(=O)OC)(C(=O)OC)C(=O)OC)(COC(=O)C(C(=O)OC)(C(=O)OC)C(=O)OC)COC(=O)C(C(=O)OC)(C(=O)OC)C(=O)OC. The third kappa shape index (κ3) is 10.7. The zero-order valence-electron chi connectivity index (χ0n) is 38.4. The van der Waals surface area contributed by atoms with E-state index in [4.69, 9.17) is 18.9 Å². The molecule has 0 aromatic carbocycles. The third-order valence-electron chi connectivity index (χ3n) is 9.16. The van der Waals surface area contributed by atoms with Crippen LogP contribution >= 0.6 is 0 Å². The van der Waals surface area contributed by atoms with E-state index in [-0.39, 0.29) is 0 Å². The minimum Gasteiger partial charge on any atom is -0.467 e. The third-order valence-corrected chi connectivity index (χ3v) is 9.16. The Bertz CT molecular complexity index is 1640. The molecule has 0 aromatic rings. The first-order valence-electron chi connectivity index (χ1n) is 18.0. The molecule has 0 unspecified atom stereocenters. The number of carbonyl (C=O) groups excluding carboxylic acids is 16. The highest BCUT2D eigenvalue weighted by Crippen LogP contribution is 2.34. The van der Waals surface area contributed by atoms with Crippen molar-refractivity contribution in [2.45, 2.75) is 0 Å². The van der Waals surface area contributed by atoms with Crippen LogP contribution < -0.4 is 0 Å². The summed E-state index contributed by atoms with van der Waals surface area (Å²) in [6.07, 6.45) is 0. The van der Waals surface area contributed by atoms with E-state index in [1.54, 1.807) is 0 Å². The van der Waals surface area contributed by atoms with Gasteiger partial charge < -0.3 is 75.8 Å². The zero-order chi connectivity index (χ0) is 53.9. The van der Waals surface area contributed by atoms with Gasteiger partial charge in [0.25, 0.3) is 0 Å². The van der Waals surface area contributed by atoms with Crippen molar-refractivity contribution in [2.24, 2.45) is 27.1 Å². The molecule has 0 radical (unpaired) electrons. The van der Waals surface area contributed by atoms with E-state index in [1.165, 1.54) is 0 Å². The van der Waals surface area contributed by atoms with Crippen molar-refractivity contribution in [1.29, 1.82) is 0 Å². The van der Waals surface area contributed by atoms with Crippen LogP contribution in [0.25, 0.3) is 0 Å². The average Bonchev–Trinajstić information content (AvgIpc) is 3.37. The van der Waals surface area contributed by atoms with E-state index in [2.05, 4.69) is 56.8 Å². The lowest BCUT2D eigenvalue weighted by atomic mass is 9.86. The molecule has 0 aliphatic heterocycles. The highest BCUT2D eigenvalue weighted by atomic mass is 16.6. The van der Waals surface area contributed by atoms with Gasteiger partial charge in [0.1, 0.15) is 31.8 Å². The van der Waals surface area contributed by atoms with Crippen molar-refractivity contribution in [2.75, 3.05) is 112 Å². The van der Waals surface area contributed by atoms with E-state index in [0.717, 1.165) is 0 Å². The second-order valence-corrected chi connectivity index (χ2v) is 12.7. The lowest BCUT2D eigenvalue weighted by Crippen LogP contribution is -2.59. The summed E-state index contributed by atoms with van der Waals surface area (Å²) in [7, 11) is 6.35. The average molecular weight is 1000 g/mol. The molecule has 32 heteroatoms. The van der Waals surface area contributed by atoms with Gasteiger partial charge in [-0.15, -0.1) is 0 Å². The summed E-state index contributed by atoms with van der Waals surface area (Å²) in [4.78, 5) is 213. The van der Waals surface area contributed by atoms with Gasteiger partial charge >= 0.3 is 117 Å². The maximum atomic E-state index is 14.0. The van der Waals surface area contributed by atoms with Crippen LogP contribution in [0.2, 0.25) is 0 Å². The number of esters is 16. The molecule has 0 heterocycles. The second-order valence-electron chi connectivity index (χ2n) is 12.7. The number of methoxy groups -OCH3 is 12. The van der Waals surface area contributed by atoms with Gasteiger partial charge in [-0.05, 0) is 0 Å². The Labute approximate surface area is 386 Å². The number of hydrogen-bond donors (Lipinski definition) is 0. The van der Waals surface area contributed by atoms with Crippen molar-refractivity contribution in [3.63, 3.8) is 0 Å². The minimum atomic E-state index is -3.95. The van der Waals surface area contributed by atoms with E-state index in [9.17, 15) is 76.7 Å². The van der Waals surface area contributed by atoms with Gasteiger partial charge in [0.05, 0.1) is 85.3 Å². The zero-order valence-corrected chi connectivity index (χ0v) is 38.4. The Morgan fingerprint density at radius 1 is 0.203 bits per heavy atom. The summed E-state index contributed by atoms with van der Waals surface area (Å²) in [5.74, 6) is -34.8. The predicted octanol–water partition coefficient (Wildman–Crippen LogP) is -5.83. The van der Waals surface area contributed by atoms with Crippen LogP contribution in [-0.4, -0.2) is 207 Å². The molecule has 0 saturated carbocycles. The standard InChI is InChI=1S/C37H44O32/c1-54-17(38)34(18(39)55-2,19(40)56-3)29(50)66-13-33(14-67-30(51)35(20(41)57-4,21(42)58-5)22(43)59-6,15-68-31(52)36(23(44)60-7,24(45)61-8)25(46)62-9)16-69-32(53)37(26(47)63-10,27(48)64-11)28(49)65-12/h13-16H2,1-12H3. The molecule has 0 N–H and O–H groups in total. The topological polar surface area (TPSA) is 421 Å². The number of rotatable bonds is 24. The van der Waals surface area contributed by atoms with E-state index >= 15 is 0 Å². The Balaban J connectivity index is 8.94. The van der Waals surface area contributed by atoms with Crippen LogP contribution in [0.3, 0.4) is 0 Å². The fraction of sp³-hybridized carbons (Fsp3) is 0.568. The van der Waals surface area contributed by atoms with Gasteiger partial charge in [0, 0.05) is 0 Å². The number of carbonyl (C=O) groups is 16. The van der Waals surface area contributed by atoms with Crippen molar-refractivity contribution in [1.82, 2.24) is 0 Å². The Morgan fingerprint density at radius 2 is 0.304 bits per heavy atom. The van der Waals surface area contributed by atoms with Crippen LogP contribution in [0.4, 0.5) is 0 Å². The molecule has 0 saturated heterocycles. The minimum absolute atomic E-state index is 0.529. The van der Waals surface area contributed by atoms with E-state index < -0.39 is 149 Å². The van der Waals surface area contributed by atoms with Crippen LogP contribution in [0.5, 0.6) is 0 Å². The number of hydrogen-bond acceptors (Lipinski definition) is 32. The summed E-state index contributed by atoms with van der Waals surface area (Å²) < 4.78 is 73.3. The van der Waals surface area contributed by atoms with Gasteiger partial charge in [-0.1, -0.05) is 0 Å². The highest BCUT2D eigenvalue weighted by Gasteiger charge is 2.69. The van der Waals surface area contributed by atoms with Gasteiger partial charge in [0.15, 0.2) is 0 Å². The molecule has 0 rings (SSSR count). The van der Waals surface area contributed by atoms with Crippen molar-refractivity contribution >= 4 is 95.5 Å². The van der Waals surface area contributed by atoms with Gasteiger partial charge in [-0.3, -0.25) is 0 Å². The summed E-state index contributed by atoms with van der Waals surface area (Å²) in [6, 6.07) is 0. The van der Waals surface area contributed by atoms with E-state index in [0.29, 0.717) is 85.3 Å². The maximum Gasteiger partial charge on any atom is 0.355 e. The lowest BCUT2D eigenvalue weighted by molar-refractivity contribution is -0.194. The fourth-order valence-corrected chi connectivity index (χ4v) is 5.39. The largest absolute Gasteiger partial charge is 0.467 e. The monoisotopic (exact) mass is 1000 g/mol. The van der Waals surface area contributed by atoms with Crippen molar-refractivity contribution < 1.29 is 153 Å². The quantitative estimate of drug-likeness (QED) is 0.0494. The van der Waals surface area contributed by atoms with Crippen LogP contribution in [0.1, 0.15) is 0 Å². The van der Waals surface area contributed by atoms with Crippen LogP contribution in [0.15, 0.2) is 0 Å². The summed E-state index contributed by atoms with van der Waals surface area (Å²) in [5.41, 5.74) is -19.1. The summed E-state index contributed by atoms with van der Waals surface area (Å²) >= 11 is 0. The molecule has 0 fully saturated rings. The normalized spacial score (nSPS) is 11.2. The Hall–Kier alpha value is -8.48. The summed E-state index contributed by atoms with van der Waals surface area (Å²) in [5, 5.41) is 0. The molecule has 0 aromatic heterocycles. The first-order chi connectivity index (χ1) is 32.3. The molecule has 69 heavy (non-hydrogen) atoms. The second kappa shape index (κ2) is 25.4. The molecular weight excluding hydrogens is 956 g/mol. The fourth-order valence-electron chi connectivity index (χ4n) is 5.39. The lowest BCUT2D eigenvalue weighted by Gasteiger charge is -2.35. The molecule has 0 bridgehead atoms. The van der Waals surface area contributed by atoms with Crippen molar-refractivity contribution in [3.8, 4) is 0 Å². The first kappa shape index (κ1) is 60.5. The molecule has 0 amide bonds. The molecule has 0 aliphatic carbocycles. The molecule has 0 spiro atoms. The maximum absolute atomic E-state index is 14.0. The highest BCUT2D eigenvalue weighted by molar-refractivity contribution is 6.35. The molecule has 0 aliphatic rings. The predicted molar refractivity (Wildman–Crippen MR) is 200 cm³/mol.